The third kappa shape index (κ3) is 3.97. The summed E-state index contributed by atoms with van der Waals surface area (Å²) in [6, 6.07) is 2.86. The Balaban J connectivity index is 2.17. The van der Waals surface area contributed by atoms with Gasteiger partial charge in [-0.15, -0.1) is 11.3 Å². The zero-order valence-electron chi connectivity index (χ0n) is 11.6. The van der Waals surface area contributed by atoms with Crippen LogP contribution in [0.25, 0.3) is 0 Å². The Morgan fingerprint density at radius 3 is 2.89 bits per heavy atom. The Morgan fingerprint density at radius 1 is 1.53 bits per heavy atom. The molecule has 0 aliphatic carbocycles. The zero-order valence-corrected chi connectivity index (χ0v) is 14.9. The summed E-state index contributed by atoms with van der Waals surface area (Å²) < 4.78 is 1.18. The van der Waals surface area contributed by atoms with E-state index in [1.54, 1.807) is 0 Å². The standard InChI is InChI=1S/C14H23BrN2S2/c1-3-11-8-17(5-6-18-11)14(12(16)4-2)13-7-10(15)9-19-13/h7,9,11-12,14H,3-6,8,16H2,1-2H3. The quantitative estimate of drug-likeness (QED) is 0.853. The highest BCUT2D eigenvalue weighted by atomic mass is 79.9. The number of thiophene rings is 1. The Morgan fingerprint density at radius 2 is 2.32 bits per heavy atom. The summed E-state index contributed by atoms with van der Waals surface area (Å²) in [7, 11) is 0. The molecule has 3 unspecified atom stereocenters. The molecule has 19 heavy (non-hydrogen) atoms. The number of hydrogen-bond acceptors (Lipinski definition) is 4. The van der Waals surface area contributed by atoms with E-state index in [0.717, 1.165) is 18.2 Å². The van der Waals surface area contributed by atoms with Crippen LogP contribution in [0.5, 0.6) is 0 Å². The van der Waals surface area contributed by atoms with Gasteiger partial charge in [-0.2, -0.15) is 11.8 Å². The lowest BCUT2D eigenvalue weighted by Crippen LogP contribution is -2.46. The van der Waals surface area contributed by atoms with Gasteiger partial charge in [-0.3, -0.25) is 4.90 Å². The molecule has 1 aromatic rings. The molecule has 0 amide bonds. The molecule has 2 rings (SSSR count). The Kier molecular flexibility index (Phi) is 6.21. The Bertz CT molecular complexity index is 397. The van der Waals surface area contributed by atoms with Crippen molar-refractivity contribution in [2.24, 2.45) is 5.73 Å². The maximum atomic E-state index is 6.42. The van der Waals surface area contributed by atoms with Crippen molar-refractivity contribution in [3.05, 3.63) is 20.8 Å². The fraction of sp³-hybridized carbons (Fsp3) is 0.714. The van der Waals surface area contributed by atoms with E-state index in [9.17, 15) is 0 Å². The molecule has 3 atom stereocenters. The smallest absolute Gasteiger partial charge is 0.0594 e. The molecule has 0 aromatic carbocycles. The Labute approximate surface area is 133 Å². The number of nitrogens with zero attached hydrogens (tertiary/aromatic N) is 1. The first-order valence-corrected chi connectivity index (χ1v) is 9.73. The average Bonchev–Trinajstić information content (AvgIpc) is 2.85. The number of thioether (sulfide) groups is 1. The highest BCUT2D eigenvalue weighted by Crippen LogP contribution is 2.35. The lowest BCUT2D eigenvalue weighted by molar-refractivity contribution is 0.177. The minimum absolute atomic E-state index is 0.228. The van der Waals surface area contributed by atoms with E-state index in [1.807, 2.05) is 11.3 Å². The van der Waals surface area contributed by atoms with Gasteiger partial charge in [-0.05, 0) is 34.8 Å². The van der Waals surface area contributed by atoms with E-state index in [2.05, 4.69) is 57.9 Å². The van der Waals surface area contributed by atoms with E-state index in [0.29, 0.717) is 6.04 Å². The highest BCUT2D eigenvalue weighted by molar-refractivity contribution is 9.10. The number of nitrogens with two attached hydrogens (primary N) is 1. The SMILES string of the molecule is CCC1CN(C(c2cc(Br)cs2)C(N)CC)CCS1. The minimum Gasteiger partial charge on any atom is -0.326 e. The largest absolute Gasteiger partial charge is 0.326 e. The van der Waals surface area contributed by atoms with Crippen LogP contribution < -0.4 is 5.73 Å². The molecule has 0 radical (unpaired) electrons. The molecule has 5 heteroatoms. The second kappa shape index (κ2) is 7.46. The number of halogens is 1. The molecule has 1 aromatic heterocycles. The van der Waals surface area contributed by atoms with Crippen molar-refractivity contribution < 1.29 is 0 Å². The predicted molar refractivity (Wildman–Crippen MR) is 91.1 cm³/mol. The van der Waals surface area contributed by atoms with Gasteiger partial charge in [0.15, 0.2) is 0 Å². The fourth-order valence-electron chi connectivity index (χ4n) is 2.61. The monoisotopic (exact) mass is 362 g/mol. The van der Waals surface area contributed by atoms with Crippen LogP contribution in [0.4, 0.5) is 0 Å². The lowest BCUT2D eigenvalue weighted by atomic mass is 10.0. The summed E-state index contributed by atoms with van der Waals surface area (Å²) in [4.78, 5) is 4.01. The van der Waals surface area contributed by atoms with Crippen molar-refractivity contribution in [2.75, 3.05) is 18.8 Å². The molecule has 1 aliphatic rings. The van der Waals surface area contributed by atoms with E-state index in [4.69, 9.17) is 5.73 Å². The lowest BCUT2D eigenvalue weighted by Gasteiger charge is -2.39. The Hall–Kier alpha value is 0.450. The van der Waals surface area contributed by atoms with Crippen molar-refractivity contribution in [1.82, 2.24) is 4.90 Å². The molecule has 0 bridgehead atoms. The van der Waals surface area contributed by atoms with Gasteiger partial charge in [-0.25, -0.2) is 0 Å². The molecular formula is C14H23BrN2S2. The minimum atomic E-state index is 0.228. The van der Waals surface area contributed by atoms with E-state index >= 15 is 0 Å². The molecule has 1 saturated heterocycles. The maximum Gasteiger partial charge on any atom is 0.0594 e. The summed E-state index contributed by atoms with van der Waals surface area (Å²) in [5.74, 6) is 1.23. The van der Waals surface area contributed by atoms with E-state index < -0.39 is 0 Å². The van der Waals surface area contributed by atoms with Crippen LogP contribution in [-0.2, 0) is 0 Å². The number of rotatable bonds is 5. The van der Waals surface area contributed by atoms with Gasteiger partial charge in [-0.1, -0.05) is 13.8 Å². The predicted octanol–water partition coefficient (Wildman–Crippen LogP) is 4.12. The molecule has 2 nitrogen and oxygen atoms in total. The van der Waals surface area contributed by atoms with E-state index in [-0.39, 0.29) is 6.04 Å². The molecular weight excluding hydrogens is 340 g/mol. The first-order chi connectivity index (χ1) is 9.15. The maximum absolute atomic E-state index is 6.42. The fourth-order valence-corrected chi connectivity index (χ4v) is 5.47. The van der Waals surface area contributed by atoms with Crippen LogP contribution in [0, 0.1) is 0 Å². The second-order valence-electron chi connectivity index (χ2n) is 5.08. The number of hydrogen-bond donors (Lipinski definition) is 1. The topological polar surface area (TPSA) is 29.3 Å². The highest BCUT2D eigenvalue weighted by Gasteiger charge is 2.30. The van der Waals surface area contributed by atoms with Gasteiger partial charge in [0.25, 0.3) is 0 Å². The van der Waals surface area contributed by atoms with Crippen LogP contribution >= 0.6 is 39.0 Å². The van der Waals surface area contributed by atoms with Crippen LogP contribution in [0.3, 0.4) is 0 Å². The van der Waals surface area contributed by atoms with Crippen LogP contribution in [-0.4, -0.2) is 35.0 Å². The van der Waals surface area contributed by atoms with E-state index in [1.165, 1.54) is 28.1 Å². The van der Waals surface area contributed by atoms with Crippen molar-refractivity contribution in [1.29, 1.82) is 0 Å². The van der Waals surface area contributed by atoms with Crippen molar-refractivity contribution in [3.63, 3.8) is 0 Å². The van der Waals surface area contributed by atoms with Gasteiger partial charge in [0, 0.05) is 44.9 Å². The molecule has 0 spiro atoms. The first-order valence-electron chi connectivity index (χ1n) is 7.00. The van der Waals surface area contributed by atoms with Crippen molar-refractivity contribution >= 4 is 39.0 Å². The summed E-state index contributed by atoms with van der Waals surface area (Å²) in [5.41, 5.74) is 6.42. The van der Waals surface area contributed by atoms with Gasteiger partial charge in [0.2, 0.25) is 0 Å². The first kappa shape index (κ1) is 15.8. The average molecular weight is 363 g/mol. The summed E-state index contributed by atoms with van der Waals surface area (Å²) in [6.07, 6.45) is 2.28. The molecule has 1 aliphatic heterocycles. The van der Waals surface area contributed by atoms with Crippen LogP contribution in [0.15, 0.2) is 15.9 Å². The second-order valence-corrected chi connectivity index (χ2v) is 8.35. The third-order valence-corrected chi connectivity index (χ3v) is 6.91. The molecule has 108 valence electrons. The van der Waals surface area contributed by atoms with Gasteiger partial charge in [0.1, 0.15) is 0 Å². The van der Waals surface area contributed by atoms with Crippen molar-refractivity contribution in [3.8, 4) is 0 Å². The molecule has 2 N–H and O–H groups in total. The zero-order chi connectivity index (χ0) is 13.8. The summed E-state index contributed by atoms with van der Waals surface area (Å²) >= 11 is 7.51. The third-order valence-electron chi connectivity index (χ3n) is 3.78. The molecule has 2 heterocycles. The van der Waals surface area contributed by atoms with Crippen molar-refractivity contribution in [2.45, 2.75) is 44.0 Å². The van der Waals surface area contributed by atoms with Crippen LogP contribution in [0.2, 0.25) is 0 Å². The van der Waals surface area contributed by atoms with Gasteiger partial charge < -0.3 is 5.73 Å². The van der Waals surface area contributed by atoms with Gasteiger partial charge in [0.05, 0.1) is 6.04 Å². The normalized spacial score (nSPS) is 24.3. The molecule has 0 saturated carbocycles. The van der Waals surface area contributed by atoms with Crippen LogP contribution in [0.1, 0.15) is 37.6 Å². The summed E-state index contributed by atoms with van der Waals surface area (Å²) in [5, 5.41) is 2.93. The summed E-state index contributed by atoms with van der Waals surface area (Å²) in [6.45, 7) is 6.82. The van der Waals surface area contributed by atoms with Gasteiger partial charge >= 0.3 is 0 Å². The molecule has 1 fully saturated rings.